The van der Waals surface area contributed by atoms with Crippen LogP contribution in [0.25, 0.3) is 0 Å². The number of aliphatic hydroxyl groups excluding tert-OH is 1. The van der Waals surface area contributed by atoms with Gasteiger partial charge in [-0.25, -0.2) is 0 Å². The lowest BCUT2D eigenvalue weighted by Crippen LogP contribution is -2.31. The van der Waals surface area contributed by atoms with E-state index in [1.54, 1.807) is 6.92 Å². The highest BCUT2D eigenvalue weighted by molar-refractivity contribution is 5.30. The van der Waals surface area contributed by atoms with Crippen molar-refractivity contribution < 1.29 is 5.11 Å². The molecular weight excluding hydrogens is 184 g/mol. The van der Waals surface area contributed by atoms with Crippen molar-refractivity contribution in [2.24, 2.45) is 17.3 Å². The molecule has 1 aliphatic rings. The molecule has 0 heterocycles. The maximum Gasteiger partial charge on any atom is 0.0692 e. The van der Waals surface area contributed by atoms with Crippen LogP contribution in [0.15, 0.2) is 36.5 Å². The van der Waals surface area contributed by atoms with Crippen LogP contribution in [0.4, 0.5) is 0 Å². The molecule has 1 heteroatoms. The van der Waals surface area contributed by atoms with Crippen LogP contribution in [-0.2, 0) is 0 Å². The third-order valence-electron chi connectivity index (χ3n) is 3.43. The monoisotopic (exact) mass is 206 g/mol. The summed E-state index contributed by atoms with van der Waals surface area (Å²) in [4.78, 5) is 0. The average Bonchev–Trinajstić information content (AvgIpc) is 2.11. The van der Waals surface area contributed by atoms with Gasteiger partial charge >= 0.3 is 0 Å². The normalized spacial score (nSPS) is 32.2. The molecule has 0 amide bonds. The molecule has 0 aromatic heterocycles. The summed E-state index contributed by atoms with van der Waals surface area (Å²) in [6.45, 7) is 12.5. The number of hydrogen-bond donors (Lipinski definition) is 1. The lowest BCUT2D eigenvalue weighted by molar-refractivity contribution is 0.234. The fourth-order valence-electron chi connectivity index (χ4n) is 2.17. The average molecular weight is 206 g/mol. The largest absolute Gasteiger partial charge is 0.389 e. The summed E-state index contributed by atoms with van der Waals surface area (Å²) in [5.41, 5.74) is 1.25. The molecule has 3 atom stereocenters. The number of hydrogen-bond acceptors (Lipinski definition) is 1. The molecule has 84 valence electrons. The molecule has 1 aliphatic carbocycles. The minimum Gasteiger partial charge on any atom is -0.389 e. The zero-order chi connectivity index (χ0) is 11.6. The Bertz CT molecular complexity index is 294. The highest BCUT2D eigenvalue weighted by atomic mass is 16.3. The van der Waals surface area contributed by atoms with E-state index in [9.17, 15) is 5.11 Å². The molecule has 0 aliphatic heterocycles. The fraction of sp³-hybridized carbons (Fsp3) is 0.571. The quantitative estimate of drug-likeness (QED) is 0.687. The molecule has 1 nitrogen and oxygen atoms in total. The lowest BCUT2D eigenvalue weighted by atomic mass is 9.65. The molecule has 3 unspecified atom stereocenters. The molecule has 1 rings (SSSR count). The van der Waals surface area contributed by atoms with Crippen molar-refractivity contribution in [3.8, 4) is 0 Å². The minimum absolute atomic E-state index is 0.0829. The zero-order valence-corrected chi connectivity index (χ0v) is 10.2. The van der Waals surface area contributed by atoms with E-state index in [0.29, 0.717) is 11.8 Å². The Hall–Kier alpha value is -0.820. The second-order valence-corrected chi connectivity index (χ2v) is 5.12. The van der Waals surface area contributed by atoms with Gasteiger partial charge in [-0.05, 0) is 29.7 Å². The summed E-state index contributed by atoms with van der Waals surface area (Å²) in [5, 5.41) is 9.28. The highest BCUT2D eigenvalue weighted by Crippen LogP contribution is 2.43. The first-order valence-corrected chi connectivity index (χ1v) is 5.59. The summed E-state index contributed by atoms with van der Waals surface area (Å²) in [6, 6.07) is 0. The van der Waals surface area contributed by atoms with Crippen LogP contribution in [0.3, 0.4) is 0 Å². The summed E-state index contributed by atoms with van der Waals surface area (Å²) in [5.74, 6) is 0.921. The van der Waals surface area contributed by atoms with Gasteiger partial charge in [0.05, 0.1) is 6.10 Å². The van der Waals surface area contributed by atoms with Gasteiger partial charge in [-0.1, -0.05) is 51.7 Å². The van der Waals surface area contributed by atoms with Gasteiger partial charge in [0.25, 0.3) is 0 Å². The smallest absolute Gasteiger partial charge is 0.0692 e. The second-order valence-electron chi connectivity index (χ2n) is 5.12. The number of aliphatic hydroxyl groups is 1. The Kier molecular flexibility index (Phi) is 3.56. The van der Waals surface area contributed by atoms with Crippen LogP contribution in [0, 0.1) is 17.3 Å². The Morgan fingerprint density at radius 2 is 2.13 bits per heavy atom. The molecule has 0 bridgehead atoms. The SMILES string of the molecule is C=C1C=CC(C)C(/C=C/C(C)O)C1(C)C. The number of rotatable bonds is 2. The maximum absolute atomic E-state index is 9.28. The van der Waals surface area contributed by atoms with Crippen LogP contribution < -0.4 is 0 Å². The van der Waals surface area contributed by atoms with Crippen LogP contribution in [0.5, 0.6) is 0 Å². The Morgan fingerprint density at radius 1 is 1.53 bits per heavy atom. The first kappa shape index (κ1) is 12.3. The predicted octanol–water partition coefficient (Wildman–Crippen LogP) is 3.33. The molecule has 0 aromatic rings. The van der Waals surface area contributed by atoms with Crippen molar-refractivity contribution in [1.82, 2.24) is 0 Å². The molecule has 0 aromatic carbocycles. The van der Waals surface area contributed by atoms with Crippen LogP contribution in [-0.4, -0.2) is 11.2 Å². The Balaban J connectivity index is 2.94. The second kappa shape index (κ2) is 4.36. The van der Waals surface area contributed by atoms with Crippen LogP contribution >= 0.6 is 0 Å². The van der Waals surface area contributed by atoms with E-state index in [-0.39, 0.29) is 11.5 Å². The van der Waals surface area contributed by atoms with E-state index in [4.69, 9.17) is 0 Å². The Labute approximate surface area is 93.2 Å². The van der Waals surface area contributed by atoms with E-state index in [1.807, 2.05) is 6.08 Å². The molecule has 1 N–H and O–H groups in total. The molecule has 0 saturated carbocycles. The van der Waals surface area contributed by atoms with Gasteiger partial charge in [0.2, 0.25) is 0 Å². The van der Waals surface area contributed by atoms with Gasteiger partial charge in [-0.2, -0.15) is 0 Å². The predicted molar refractivity (Wildman–Crippen MR) is 65.5 cm³/mol. The summed E-state index contributed by atoms with van der Waals surface area (Å²) in [7, 11) is 0. The van der Waals surface area contributed by atoms with Crippen molar-refractivity contribution in [3.05, 3.63) is 36.5 Å². The van der Waals surface area contributed by atoms with Gasteiger partial charge in [0.1, 0.15) is 0 Å². The number of allylic oxidation sites excluding steroid dienone is 4. The topological polar surface area (TPSA) is 20.2 Å². The van der Waals surface area contributed by atoms with E-state index >= 15 is 0 Å². The zero-order valence-electron chi connectivity index (χ0n) is 10.2. The van der Waals surface area contributed by atoms with E-state index in [1.165, 1.54) is 5.57 Å². The fourth-order valence-corrected chi connectivity index (χ4v) is 2.17. The third-order valence-corrected chi connectivity index (χ3v) is 3.43. The third kappa shape index (κ3) is 2.60. The summed E-state index contributed by atoms with van der Waals surface area (Å²) in [6.07, 6.45) is 7.95. The van der Waals surface area contributed by atoms with Gasteiger partial charge < -0.3 is 5.11 Å². The molecule has 0 spiro atoms. The van der Waals surface area contributed by atoms with E-state index in [0.717, 1.165) is 0 Å². The molecular formula is C14H22O. The minimum atomic E-state index is -0.368. The maximum atomic E-state index is 9.28. The summed E-state index contributed by atoms with van der Waals surface area (Å²) < 4.78 is 0. The Morgan fingerprint density at radius 3 is 2.67 bits per heavy atom. The van der Waals surface area contributed by atoms with Gasteiger partial charge in [-0.3, -0.25) is 0 Å². The van der Waals surface area contributed by atoms with Crippen LogP contribution in [0.1, 0.15) is 27.7 Å². The van der Waals surface area contributed by atoms with Crippen molar-refractivity contribution in [1.29, 1.82) is 0 Å². The van der Waals surface area contributed by atoms with E-state index in [2.05, 4.69) is 45.6 Å². The molecule has 15 heavy (non-hydrogen) atoms. The van der Waals surface area contributed by atoms with Crippen molar-refractivity contribution in [2.75, 3.05) is 0 Å². The van der Waals surface area contributed by atoms with Gasteiger partial charge in [0.15, 0.2) is 0 Å². The van der Waals surface area contributed by atoms with Crippen molar-refractivity contribution in [3.63, 3.8) is 0 Å². The summed E-state index contributed by atoms with van der Waals surface area (Å²) >= 11 is 0. The molecule has 0 fully saturated rings. The van der Waals surface area contributed by atoms with Gasteiger partial charge in [-0.15, -0.1) is 0 Å². The highest BCUT2D eigenvalue weighted by Gasteiger charge is 2.34. The van der Waals surface area contributed by atoms with Gasteiger partial charge in [0, 0.05) is 0 Å². The van der Waals surface area contributed by atoms with Crippen LogP contribution in [0.2, 0.25) is 0 Å². The lowest BCUT2D eigenvalue weighted by Gasteiger charge is -2.39. The molecule has 0 radical (unpaired) electrons. The standard InChI is InChI=1S/C14H22O/c1-10-6-7-11(2)14(4,5)13(10)9-8-12(3)15/h6-10,12-13,15H,2H2,1,3-5H3/b9-8+. The van der Waals surface area contributed by atoms with Crippen molar-refractivity contribution in [2.45, 2.75) is 33.8 Å². The molecule has 0 saturated heterocycles. The first-order chi connectivity index (χ1) is 6.85. The van der Waals surface area contributed by atoms with E-state index < -0.39 is 0 Å². The van der Waals surface area contributed by atoms with Crippen molar-refractivity contribution >= 4 is 0 Å². The first-order valence-electron chi connectivity index (χ1n) is 5.59.